The second-order valence-electron chi connectivity index (χ2n) is 4.91. The Bertz CT molecular complexity index is 789. The Balaban J connectivity index is 1.84. The third-order valence-electron chi connectivity index (χ3n) is 3.05. The van der Waals surface area contributed by atoms with Gasteiger partial charge in [0.25, 0.3) is 0 Å². The van der Waals surface area contributed by atoms with Crippen molar-refractivity contribution in [2.75, 3.05) is 11.9 Å². The van der Waals surface area contributed by atoms with Gasteiger partial charge in [-0.1, -0.05) is 0 Å². The Morgan fingerprint density at radius 1 is 1.08 bits per heavy atom. The summed E-state index contributed by atoms with van der Waals surface area (Å²) >= 11 is 1.31. The van der Waals surface area contributed by atoms with Crippen molar-refractivity contribution in [3.63, 3.8) is 0 Å². The van der Waals surface area contributed by atoms with E-state index < -0.39 is 29.1 Å². The molecule has 0 saturated carbocycles. The van der Waals surface area contributed by atoms with Gasteiger partial charge in [-0.05, 0) is 37.6 Å². The molecular formula is C16H14F2N2O3S. The number of hydrogen-bond acceptors (Lipinski definition) is 4. The molecule has 0 unspecified atom stereocenters. The van der Waals surface area contributed by atoms with Crippen LogP contribution in [0.1, 0.15) is 21.5 Å². The zero-order valence-electron chi connectivity index (χ0n) is 12.7. The van der Waals surface area contributed by atoms with E-state index in [4.69, 9.17) is 0 Å². The van der Waals surface area contributed by atoms with Crippen LogP contribution in [0.3, 0.4) is 0 Å². The lowest BCUT2D eigenvalue weighted by Crippen LogP contribution is -2.36. The van der Waals surface area contributed by atoms with Gasteiger partial charge in [-0.2, -0.15) is 0 Å². The molecule has 0 aliphatic carbocycles. The van der Waals surface area contributed by atoms with Crippen molar-refractivity contribution in [3.05, 3.63) is 51.7 Å². The van der Waals surface area contributed by atoms with Gasteiger partial charge in [0.15, 0.2) is 5.78 Å². The van der Waals surface area contributed by atoms with Crippen LogP contribution in [0, 0.1) is 11.6 Å². The first-order chi connectivity index (χ1) is 11.4. The van der Waals surface area contributed by atoms with Crippen molar-refractivity contribution < 1.29 is 23.2 Å². The second kappa shape index (κ2) is 7.78. The fraction of sp³-hybridized carbons (Fsp3) is 0.188. The maximum Gasteiger partial charge on any atom is 0.313 e. The molecule has 0 aliphatic heterocycles. The minimum absolute atomic E-state index is 0.0354. The van der Waals surface area contributed by atoms with Crippen LogP contribution in [-0.2, 0) is 16.0 Å². The fourth-order valence-electron chi connectivity index (χ4n) is 1.85. The molecule has 2 amide bonds. The Kier molecular flexibility index (Phi) is 5.75. The number of benzene rings is 1. The minimum atomic E-state index is -1.09. The zero-order chi connectivity index (χ0) is 17.7. The highest BCUT2D eigenvalue weighted by Gasteiger charge is 2.16. The van der Waals surface area contributed by atoms with Gasteiger partial charge in [0.1, 0.15) is 11.6 Å². The number of nitrogens with one attached hydrogen (secondary N) is 2. The molecule has 0 saturated heterocycles. The minimum Gasteiger partial charge on any atom is -0.347 e. The molecule has 0 atom stereocenters. The van der Waals surface area contributed by atoms with Gasteiger partial charge in [0.2, 0.25) is 0 Å². The van der Waals surface area contributed by atoms with Crippen LogP contribution in [0.15, 0.2) is 30.3 Å². The van der Waals surface area contributed by atoms with Crippen LogP contribution in [0.25, 0.3) is 0 Å². The van der Waals surface area contributed by atoms with Crippen LogP contribution in [0.4, 0.5) is 14.5 Å². The van der Waals surface area contributed by atoms with Gasteiger partial charge in [0, 0.05) is 17.5 Å². The average molecular weight is 352 g/mol. The molecule has 1 heterocycles. The molecular weight excluding hydrogens is 338 g/mol. The van der Waals surface area contributed by atoms with Crippen LogP contribution in [-0.4, -0.2) is 24.1 Å². The Hall–Kier alpha value is -2.61. The van der Waals surface area contributed by atoms with Gasteiger partial charge in [-0.3, -0.25) is 14.4 Å². The highest BCUT2D eigenvalue weighted by atomic mass is 32.1. The third kappa shape index (κ3) is 4.69. The van der Waals surface area contributed by atoms with Gasteiger partial charge in [-0.15, -0.1) is 11.3 Å². The van der Waals surface area contributed by atoms with E-state index in [9.17, 15) is 23.2 Å². The number of hydrogen-bond donors (Lipinski definition) is 2. The van der Waals surface area contributed by atoms with Crippen LogP contribution in [0.5, 0.6) is 0 Å². The number of thiophene rings is 1. The molecule has 5 nitrogen and oxygen atoms in total. The lowest BCUT2D eigenvalue weighted by Gasteiger charge is -2.07. The number of anilines is 1. The molecule has 2 N–H and O–H groups in total. The van der Waals surface area contributed by atoms with Crippen molar-refractivity contribution in [2.24, 2.45) is 0 Å². The predicted molar refractivity (Wildman–Crippen MR) is 86.0 cm³/mol. The van der Waals surface area contributed by atoms with Crippen molar-refractivity contribution >= 4 is 34.6 Å². The number of ketones is 1. The number of Topliss-reactive ketones (excluding diaryl/α,β-unsaturated/α-hetero) is 1. The molecule has 0 spiro atoms. The van der Waals surface area contributed by atoms with E-state index in [1.165, 1.54) is 18.3 Å². The Morgan fingerprint density at radius 2 is 1.83 bits per heavy atom. The molecule has 2 rings (SSSR count). The molecule has 1 aromatic heterocycles. The molecule has 0 aliphatic rings. The highest BCUT2D eigenvalue weighted by Crippen LogP contribution is 2.17. The molecule has 0 bridgehead atoms. The summed E-state index contributed by atoms with van der Waals surface area (Å²) in [5.74, 6) is -3.65. The quantitative estimate of drug-likeness (QED) is 0.641. The summed E-state index contributed by atoms with van der Waals surface area (Å²) in [5, 5.41) is 4.39. The van der Waals surface area contributed by atoms with Crippen LogP contribution in [0.2, 0.25) is 0 Å². The first-order valence-electron chi connectivity index (χ1n) is 7.00. The Morgan fingerprint density at radius 3 is 2.50 bits per heavy atom. The fourth-order valence-corrected chi connectivity index (χ4v) is 2.76. The van der Waals surface area contributed by atoms with Gasteiger partial charge < -0.3 is 10.6 Å². The summed E-state index contributed by atoms with van der Waals surface area (Å²) in [5.41, 5.74) is -0.403. The topological polar surface area (TPSA) is 75.3 Å². The first kappa shape index (κ1) is 17.7. The lowest BCUT2D eigenvalue weighted by atomic mass is 10.3. The molecule has 126 valence electrons. The molecule has 24 heavy (non-hydrogen) atoms. The highest BCUT2D eigenvalue weighted by molar-refractivity contribution is 7.14. The van der Waals surface area contributed by atoms with Crippen LogP contribution < -0.4 is 10.6 Å². The summed E-state index contributed by atoms with van der Waals surface area (Å²) in [7, 11) is 0. The standard InChI is InChI=1S/C16H14F2N2O3S/c1-9(21)14-5-3-11(24-14)6-7-19-15(22)16(23)20-13-8-10(17)2-4-12(13)18/h2-5,8H,6-7H2,1H3,(H,19,22)(H,20,23). The molecule has 1 aromatic carbocycles. The van der Waals surface area contributed by atoms with Crippen molar-refractivity contribution in [2.45, 2.75) is 13.3 Å². The predicted octanol–water partition coefficient (Wildman–Crippen LogP) is 2.53. The van der Waals surface area contributed by atoms with Crippen LogP contribution >= 0.6 is 11.3 Å². The van der Waals surface area contributed by atoms with E-state index >= 15 is 0 Å². The largest absolute Gasteiger partial charge is 0.347 e. The van der Waals surface area contributed by atoms with E-state index in [1.54, 1.807) is 12.1 Å². The van der Waals surface area contributed by atoms with Gasteiger partial charge >= 0.3 is 11.8 Å². The van der Waals surface area contributed by atoms with Crippen molar-refractivity contribution in [1.82, 2.24) is 5.32 Å². The van der Waals surface area contributed by atoms with E-state index in [-0.39, 0.29) is 12.3 Å². The molecule has 0 radical (unpaired) electrons. The summed E-state index contributed by atoms with van der Waals surface area (Å²) in [4.78, 5) is 36.0. The number of rotatable bonds is 5. The maximum absolute atomic E-state index is 13.4. The first-order valence-corrected chi connectivity index (χ1v) is 7.82. The maximum atomic E-state index is 13.4. The summed E-state index contributed by atoms with van der Waals surface area (Å²) in [6.07, 6.45) is 0.450. The number of halogens is 2. The number of amides is 2. The Labute approximate surface area is 140 Å². The normalized spacial score (nSPS) is 10.3. The van der Waals surface area contributed by atoms with Crippen molar-refractivity contribution in [3.8, 4) is 0 Å². The summed E-state index contributed by atoms with van der Waals surface area (Å²) in [6.45, 7) is 1.64. The van der Waals surface area contributed by atoms with E-state index in [0.717, 1.165) is 23.1 Å². The smallest absolute Gasteiger partial charge is 0.313 e. The lowest BCUT2D eigenvalue weighted by molar-refractivity contribution is -0.136. The number of carbonyl (C=O) groups excluding carboxylic acids is 3. The van der Waals surface area contributed by atoms with E-state index in [0.29, 0.717) is 11.3 Å². The monoisotopic (exact) mass is 352 g/mol. The molecule has 8 heteroatoms. The SMILES string of the molecule is CC(=O)c1ccc(CCNC(=O)C(=O)Nc2cc(F)ccc2F)s1. The summed E-state index contributed by atoms with van der Waals surface area (Å²) in [6, 6.07) is 6.02. The second-order valence-corrected chi connectivity index (χ2v) is 6.07. The average Bonchev–Trinajstić information content (AvgIpc) is 3.00. The van der Waals surface area contributed by atoms with Gasteiger partial charge in [0.05, 0.1) is 10.6 Å². The zero-order valence-corrected chi connectivity index (χ0v) is 13.5. The molecule has 2 aromatic rings. The van der Waals surface area contributed by atoms with Gasteiger partial charge in [-0.25, -0.2) is 8.78 Å². The summed E-state index contributed by atoms with van der Waals surface area (Å²) < 4.78 is 26.4. The van der Waals surface area contributed by atoms with E-state index in [1.807, 2.05) is 5.32 Å². The third-order valence-corrected chi connectivity index (χ3v) is 4.29. The van der Waals surface area contributed by atoms with E-state index in [2.05, 4.69) is 5.32 Å². The van der Waals surface area contributed by atoms with Crippen molar-refractivity contribution in [1.29, 1.82) is 0 Å². The number of carbonyl (C=O) groups is 3. The molecule has 0 fully saturated rings.